The number of carbonyl (C=O) groups is 2. The Kier molecular flexibility index (Phi) is 5.05. The van der Waals surface area contributed by atoms with Crippen molar-refractivity contribution in [1.82, 2.24) is 9.27 Å². The molecule has 0 saturated heterocycles. The monoisotopic (exact) mass is 304 g/mol. The fraction of sp³-hybridized carbons (Fsp3) is 0.267. The Morgan fingerprint density at radius 2 is 2.00 bits per heavy atom. The Morgan fingerprint density at radius 3 is 2.62 bits per heavy atom. The summed E-state index contributed by atoms with van der Waals surface area (Å²) in [5.41, 5.74) is 1.67. The van der Waals surface area contributed by atoms with Crippen LogP contribution in [0.5, 0.6) is 0 Å². The Balaban J connectivity index is 2.19. The second-order valence-corrected chi connectivity index (χ2v) is 5.37. The fourth-order valence-corrected chi connectivity index (χ4v) is 2.69. The molecule has 0 fully saturated rings. The molecular formula is C15H16N2O3S. The third kappa shape index (κ3) is 3.88. The van der Waals surface area contributed by atoms with Gasteiger partial charge in [0.2, 0.25) is 0 Å². The maximum absolute atomic E-state index is 12.3. The van der Waals surface area contributed by atoms with Gasteiger partial charge < -0.3 is 10.0 Å². The molecule has 0 spiro atoms. The van der Waals surface area contributed by atoms with Crippen LogP contribution in [0.2, 0.25) is 0 Å². The van der Waals surface area contributed by atoms with E-state index in [4.69, 9.17) is 5.11 Å². The normalized spacial score (nSPS) is 10.3. The van der Waals surface area contributed by atoms with E-state index in [0.29, 0.717) is 17.8 Å². The minimum absolute atomic E-state index is 0.279. The summed E-state index contributed by atoms with van der Waals surface area (Å²) in [5, 5.41) is 8.88. The second-order valence-electron chi connectivity index (χ2n) is 4.56. The molecular weight excluding hydrogens is 288 g/mol. The van der Waals surface area contributed by atoms with Gasteiger partial charge in [0.05, 0.1) is 5.69 Å². The molecule has 2 rings (SSSR count). The van der Waals surface area contributed by atoms with Crippen LogP contribution in [0.1, 0.15) is 23.0 Å². The Bertz CT molecular complexity index is 625. The number of amides is 1. The van der Waals surface area contributed by atoms with Gasteiger partial charge in [-0.1, -0.05) is 37.3 Å². The first-order chi connectivity index (χ1) is 10.1. The van der Waals surface area contributed by atoms with Crippen LogP contribution in [0.25, 0.3) is 11.3 Å². The largest absolute Gasteiger partial charge is 0.480 e. The highest BCUT2D eigenvalue weighted by Crippen LogP contribution is 2.22. The highest BCUT2D eigenvalue weighted by molar-refractivity contribution is 7.08. The van der Waals surface area contributed by atoms with Gasteiger partial charge in [-0.05, 0) is 24.0 Å². The van der Waals surface area contributed by atoms with Crippen molar-refractivity contribution >= 4 is 23.4 Å². The van der Waals surface area contributed by atoms with E-state index in [1.165, 1.54) is 4.90 Å². The molecule has 0 radical (unpaired) electrons. The van der Waals surface area contributed by atoms with Crippen molar-refractivity contribution in [2.24, 2.45) is 0 Å². The molecule has 110 valence electrons. The zero-order chi connectivity index (χ0) is 15.2. The van der Waals surface area contributed by atoms with E-state index in [1.54, 1.807) is 6.07 Å². The van der Waals surface area contributed by atoms with E-state index in [9.17, 15) is 9.59 Å². The average molecular weight is 304 g/mol. The van der Waals surface area contributed by atoms with Crippen LogP contribution in [0, 0.1) is 0 Å². The highest BCUT2D eigenvalue weighted by atomic mass is 32.1. The zero-order valence-electron chi connectivity index (χ0n) is 11.7. The molecule has 6 heteroatoms. The highest BCUT2D eigenvalue weighted by Gasteiger charge is 2.20. The number of aliphatic carboxylic acids is 1. The molecule has 0 atom stereocenters. The van der Waals surface area contributed by atoms with Gasteiger partial charge in [0.1, 0.15) is 11.4 Å². The van der Waals surface area contributed by atoms with E-state index >= 15 is 0 Å². The summed E-state index contributed by atoms with van der Waals surface area (Å²) in [6.07, 6.45) is 0.712. The first-order valence-electron chi connectivity index (χ1n) is 6.65. The van der Waals surface area contributed by atoms with Gasteiger partial charge in [-0.3, -0.25) is 9.59 Å². The predicted molar refractivity (Wildman–Crippen MR) is 81.4 cm³/mol. The molecule has 0 bridgehead atoms. The van der Waals surface area contributed by atoms with Gasteiger partial charge in [-0.15, -0.1) is 0 Å². The number of carboxylic acids is 1. The lowest BCUT2D eigenvalue weighted by atomic mass is 10.1. The number of hydrogen-bond donors (Lipinski definition) is 1. The number of hydrogen-bond acceptors (Lipinski definition) is 4. The number of carbonyl (C=O) groups excluding carboxylic acids is 1. The van der Waals surface area contributed by atoms with Crippen LogP contribution < -0.4 is 0 Å². The maximum atomic E-state index is 12.3. The molecule has 0 aliphatic heterocycles. The van der Waals surface area contributed by atoms with Crippen LogP contribution in [0.15, 0.2) is 36.4 Å². The molecule has 1 N–H and O–H groups in total. The van der Waals surface area contributed by atoms with Crippen LogP contribution in [0.4, 0.5) is 0 Å². The van der Waals surface area contributed by atoms with Gasteiger partial charge in [-0.2, -0.15) is 4.37 Å². The Hall–Kier alpha value is -2.21. The Morgan fingerprint density at radius 1 is 1.29 bits per heavy atom. The number of rotatable bonds is 6. The van der Waals surface area contributed by atoms with Gasteiger partial charge in [0, 0.05) is 12.1 Å². The fourth-order valence-electron chi connectivity index (χ4n) is 1.96. The molecule has 0 aliphatic rings. The molecule has 0 aliphatic carbocycles. The van der Waals surface area contributed by atoms with Gasteiger partial charge >= 0.3 is 5.97 Å². The van der Waals surface area contributed by atoms with E-state index in [1.807, 2.05) is 37.3 Å². The lowest BCUT2D eigenvalue weighted by molar-refractivity contribution is -0.137. The minimum atomic E-state index is -1.01. The first-order valence-corrected chi connectivity index (χ1v) is 7.42. The zero-order valence-corrected chi connectivity index (χ0v) is 12.5. The number of aromatic nitrogens is 1. The molecule has 1 heterocycles. The molecule has 0 saturated carbocycles. The van der Waals surface area contributed by atoms with Crippen molar-refractivity contribution in [3.63, 3.8) is 0 Å². The molecule has 21 heavy (non-hydrogen) atoms. The summed E-state index contributed by atoms with van der Waals surface area (Å²) in [5.74, 6) is -1.29. The minimum Gasteiger partial charge on any atom is -0.480 e. The third-order valence-electron chi connectivity index (χ3n) is 2.90. The Labute approximate surface area is 127 Å². The predicted octanol–water partition coefficient (Wildman–Crippen LogP) is 2.75. The van der Waals surface area contributed by atoms with Crippen molar-refractivity contribution in [1.29, 1.82) is 0 Å². The molecule has 1 aromatic heterocycles. The van der Waals surface area contributed by atoms with E-state index in [0.717, 1.165) is 22.8 Å². The summed E-state index contributed by atoms with van der Waals surface area (Å²) in [6.45, 7) is 2.04. The third-order valence-corrected chi connectivity index (χ3v) is 3.67. The summed E-state index contributed by atoms with van der Waals surface area (Å²) in [7, 11) is 0. The second kappa shape index (κ2) is 6.99. The van der Waals surface area contributed by atoms with Gasteiger partial charge in [0.15, 0.2) is 0 Å². The van der Waals surface area contributed by atoms with Crippen molar-refractivity contribution in [3.05, 3.63) is 41.3 Å². The molecule has 0 unspecified atom stereocenters. The summed E-state index contributed by atoms with van der Waals surface area (Å²) in [4.78, 5) is 25.0. The van der Waals surface area contributed by atoms with E-state index in [2.05, 4.69) is 4.37 Å². The van der Waals surface area contributed by atoms with Crippen molar-refractivity contribution in [2.75, 3.05) is 13.1 Å². The van der Waals surface area contributed by atoms with Crippen LogP contribution in [-0.4, -0.2) is 39.3 Å². The van der Waals surface area contributed by atoms with Crippen molar-refractivity contribution in [2.45, 2.75) is 13.3 Å². The molecule has 1 aromatic carbocycles. The lowest BCUT2D eigenvalue weighted by Crippen LogP contribution is -2.35. The smallest absolute Gasteiger partial charge is 0.323 e. The number of nitrogens with zero attached hydrogens (tertiary/aromatic N) is 2. The first kappa shape index (κ1) is 15.2. The van der Waals surface area contributed by atoms with Gasteiger partial charge in [-0.25, -0.2) is 0 Å². The van der Waals surface area contributed by atoms with Crippen molar-refractivity contribution in [3.8, 4) is 11.3 Å². The van der Waals surface area contributed by atoms with E-state index in [-0.39, 0.29) is 12.5 Å². The summed E-state index contributed by atoms with van der Waals surface area (Å²) < 4.78 is 4.28. The standard InChI is InChI=1S/C15H16N2O3S/c1-2-8-17(10-14(18)19)15(20)13-9-12(16-21-13)11-6-4-3-5-7-11/h3-7,9H,2,8,10H2,1H3,(H,18,19). The topological polar surface area (TPSA) is 70.5 Å². The van der Waals surface area contributed by atoms with Crippen molar-refractivity contribution < 1.29 is 14.7 Å². The van der Waals surface area contributed by atoms with E-state index < -0.39 is 5.97 Å². The van der Waals surface area contributed by atoms with Crippen LogP contribution in [0.3, 0.4) is 0 Å². The lowest BCUT2D eigenvalue weighted by Gasteiger charge is -2.18. The molecule has 5 nitrogen and oxygen atoms in total. The summed E-state index contributed by atoms with van der Waals surface area (Å²) >= 11 is 1.10. The number of carboxylic acid groups (broad SMARTS) is 1. The average Bonchev–Trinajstić information content (AvgIpc) is 2.96. The quantitative estimate of drug-likeness (QED) is 0.891. The van der Waals surface area contributed by atoms with Gasteiger partial charge in [0.25, 0.3) is 5.91 Å². The molecule has 1 amide bonds. The summed E-state index contributed by atoms with van der Waals surface area (Å²) in [6, 6.07) is 11.3. The molecule has 2 aromatic rings. The maximum Gasteiger partial charge on any atom is 0.323 e. The number of benzene rings is 1. The SMILES string of the molecule is CCCN(CC(=O)O)C(=O)c1cc(-c2ccccc2)ns1. The van der Waals surface area contributed by atoms with Crippen LogP contribution in [-0.2, 0) is 4.79 Å². The van der Waals surface area contributed by atoms with Crippen LogP contribution >= 0.6 is 11.5 Å².